The number of methoxy groups -OCH3 is 1. The zero-order chi connectivity index (χ0) is 14.5. The van der Waals surface area contributed by atoms with Gasteiger partial charge in [0.2, 0.25) is 0 Å². The fourth-order valence-corrected chi connectivity index (χ4v) is 2.16. The second-order valence-electron chi connectivity index (χ2n) is 5.10. The van der Waals surface area contributed by atoms with Gasteiger partial charge >= 0.3 is 0 Å². The van der Waals surface area contributed by atoms with Crippen LogP contribution < -0.4 is 9.64 Å². The van der Waals surface area contributed by atoms with E-state index in [9.17, 15) is 5.11 Å². The summed E-state index contributed by atoms with van der Waals surface area (Å²) >= 11 is 0. The predicted octanol–water partition coefficient (Wildman–Crippen LogP) is 3.25. The smallest absolute Gasteiger partial charge is 0.122 e. The van der Waals surface area contributed by atoms with Crippen LogP contribution in [0.1, 0.15) is 11.1 Å². The Morgan fingerprint density at radius 3 is 2.20 bits per heavy atom. The largest absolute Gasteiger partial charge is 0.508 e. The Hall–Kier alpha value is -2.16. The number of hydrogen-bond acceptors (Lipinski definition) is 3. The molecule has 2 rings (SSSR count). The Morgan fingerprint density at radius 1 is 0.950 bits per heavy atom. The van der Waals surface area contributed by atoms with Crippen LogP contribution in [0.25, 0.3) is 0 Å². The van der Waals surface area contributed by atoms with E-state index in [1.54, 1.807) is 19.2 Å². The zero-order valence-corrected chi connectivity index (χ0v) is 12.3. The van der Waals surface area contributed by atoms with Crippen molar-refractivity contribution in [2.75, 3.05) is 26.1 Å². The molecule has 0 aliphatic rings. The van der Waals surface area contributed by atoms with Gasteiger partial charge in [0.05, 0.1) is 7.11 Å². The summed E-state index contributed by atoms with van der Waals surface area (Å²) in [5, 5.41) is 9.63. The molecule has 0 unspecified atom stereocenters. The molecule has 0 bridgehead atoms. The molecule has 0 aliphatic heterocycles. The van der Waals surface area contributed by atoms with E-state index in [1.807, 2.05) is 20.2 Å². The van der Waals surface area contributed by atoms with Crippen molar-refractivity contribution in [2.45, 2.75) is 12.8 Å². The number of phenolic OH excluding ortho intramolecular Hbond substituents is 1. The van der Waals surface area contributed by atoms with Crippen molar-refractivity contribution in [1.82, 2.24) is 0 Å². The minimum atomic E-state index is 0.252. The van der Waals surface area contributed by atoms with E-state index >= 15 is 0 Å². The van der Waals surface area contributed by atoms with Crippen molar-refractivity contribution >= 4 is 5.69 Å². The molecule has 0 saturated carbocycles. The van der Waals surface area contributed by atoms with Crippen LogP contribution in [-0.4, -0.2) is 26.3 Å². The van der Waals surface area contributed by atoms with Crippen molar-refractivity contribution in [3.05, 3.63) is 53.6 Å². The molecule has 106 valence electrons. The molecule has 0 atom stereocenters. The first-order valence-electron chi connectivity index (χ1n) is 6.71. The molecule has 3 nitrogen and oxygen atoms in total. The van der Waals surface area contributed by atoms with Gasteiger partial charge in [0, 0.05) is 25.8 Å². The quantitative estimate of drug-likeness (QED) is 0.906. The lowest BCUT2D eigenvalue weighted by Gasteiger charge is -2.12. The van der Waals surface area contributed by atoms with Gasteiger partial charge in [-0.2, -0.15) is 0 Å². The van der Waals surface area contributed by atoms with Crippen LogP contribution in [0.15, 0.2) is 42.5 Å². The van der Waals surface area contributed by atoms with Crippen LogP contribution in [0, 0.1) is 0 Å². The van der Waals surface area contributed by atoms with E-state index in [4.69, 9.17) is 4.74 Å². The van der Waals surface area contributed by atoms with Gasteiger partial charge < -0.3 is 14.7 Å². The highest BCUT2D eigenvalue weighted by atomic mass is 16.5. The first kappa shape index (κ1) is 14.3. The Kier molecular flexibility index (Phi) is 4.51. The minimum Gasteiger partial charge on any atom is -0.508 e. The van der Waals surface area contributed by atoms with Gasteiger partial charge in [-0.1, -0.05) is 12.1 Å². The van der Waals surface area contributed by atoms with Crippen LogP contribution in [0.2, 0.25) is 0 Å². The monoisotopic (exact) mass is 271 g/mol. The average molecular weight is 271 g/mol. The van der Waals surface area contributed by atoms with Gasteiger partial charge in [-0.3, -0.25) is 0 Å². The predicted molar refractivity (Wildman–Crippen MR) is 82.8 cm³/mol. The number of benzene rings is 2. The number of rotatable bonds is 5. The summed E-state index contributed by atoms with van der Waals surface area (Å²) in [6, 6.07) is 13.9. The average Bonchev–Trinajstić information content (AvgIpc) is 2.45. The molecule has 20 heavy (non-hydrogen) atoms. The van der Waals surface area contributed by atoms with Crippen LogP contribution in [0.5, 0.6) is 11.5 Å². The summed E-state index contributed by atoms with van der Waals surface area (Å²) in [4.78, 5) is 2.09. The summed E-state index contributed by atoms with van der Waals surface area (Å²) in [5.41, 5.74) is 3.57. The summed E-state index contributed by atoms with van der Waals surface area (Å²) in [6.45, 7) is 0. The van der Waals surface area contributed by atoms with Gasteiger partial charge in [0.1, 0.15) is 11.5 Å². The van der Waals surface area contributed by atoms with Crippen LogP contribution in [-0.2, 0) is 12.8 Å². The van der Waals surface area contributed by atoms with Crippen molar-refractivity contribution in [3.63, 3.8) is 0 Å². The van der Waals surface area contributed by atoms with Crippen molar-refractivity contribution < 1.29 is 9.84 Å². The van der Waals surface area contributed by atoms with Gasteiger partial charge in [-0.25, -0.2) is 0 Å². The van der Waals surface area contributed by atoms with Gasteiger partial charge in [0.15, 0.2) is 0 Å². The lowest BCUT2D eigenvalue weighted by molar-refractivity contribution is 0.407. The Morgan fingerprint density at radius 2 is 1.60 bits per heavy atom. The third kappa shape index (κ3) is 3.67. The number of aromatic hydroxyl groups is 1. The number of phenols is 1. The summed E-state index contributed by atoms with van der Waals surface area (Å²) in [6.07, 6.45) is 1.83. The minimum absolute atomic E-state index is 0.252. The molecule has 1 N–H and O–H groups in total. The topological polar surface area (TPSA) is 32.7 Å². The molecule has 2 aromatic carbocycles. The van der Waals surface area contributed by atoms with E-state index in [0.29, 0.717) is 5.75 Å². The van der Waals surface area contributed by atoms with E-state index in [2.05, 4.69) is 29.2 Å². The molecule has 3 heteroatoms. The first-order chi connectivity index (χ1) is 9.58. The molecule has 0 saturated heterocycles. The molecule has 0 spiro atoms. The maximum Gasteiger partial charge on any atom is 0.122 e. The molecule has 2 aromatic rings. The first-order valence-corrected chi connectivity index (χ1v) is 6.71. The highest BCUT2D eigenvalue weighted by molar-refractivity contribution is 5.46. The summed E-state index contributed by atoms with van der Waals surface area (Å²) in [5.74, 6) is 0.949. The Balaban J connectivity index is 2.03. The number of nitrogens with zero attached hydrogens (tertiary/aromatic N) is 1. The SMILES string of the molecule is COc1cc(O)cc(CCc2ccc(N(C)C)cc2)c1. The highest BCUT2D eigenvalue weighted by Gasteiger charge is 2.02. The van der Waals surface area contributed by atoms with E-state index in [0.717, 1.165) is 18.4 Å². The van der Waals surface area contributed by atoms with Crippen LogP contribution in [0.4, 0.5) is 5.69 Å². The third-order valence-electron chi connectivity index (χ3n) is 3.34. The molecular weight excluding hydrogens is 250 g/mol. The van der Waals surface area contributed by atoms with Gasteiger partial charge in [-0.15, -0.1) is 0 Å². The molecule has 0 heterocycles. The van der Waals surface area contributed by atoms with Crippen molar-refractivity contribution in [3.8, 4) is 11.5 Å². The highest BCUT2D eigenvalue weighted by Crippen LogP contribution is 2.22. The standard InChI is InChI=1S/C17H21NO2/c1-18(2)15-8-6-13(7-9-15)4-5-14-10-16(19)12-17(11-14)20-3/h6-12,19H,4-5H2,1-3H3. The van der Waals surface area contributed by atoms with Crippen molar-refractivity contribution in [2.24, 2.45) is 0 Å². The van der Waals surface area contributed by atoms with Crippen LogP contribution >= 0.6 is 0 Å². The lowest BCUT2D eigenvalue weighted by Crippen LogP contribution is -2.08. The summed E-state index contributed by atoms with van der Waals surface area (Å²) < 4.78 is 5.16. The maximum atomic E-state index is 9.63. The number of anilines is 1. The second kappa shape index (κ2) is 6.33. The lowest BCUT2D eigenvalue weighted by atomic mass is 10.0. The molecular formula is C17H21NO2. The normalized spacial score (nSPS) is 10.3. The third-order valence-corrected chi connectivity index (χ3v) is 3.34. The second-order valence-corrected chi connectivity index (χ2v) is 5.10. The molecule has 0 amide bonds. The molecule has 0 fully saturated rings. The van der Waals surface area contributed by atoms with E-state index < -0.39 is 0 Å². The zero-order valence-electron chi connectivity index (χ0n) is 12.3. The van der Waals surface area contributed by atoms with Gasteiger partial charge in [-0.05, 0) is 48.2 Å². The number of aryl methyl sites for hydroxylation is 2. The fourth-order valence-electron chi connectivity index (χ4n) is 2.16. The molecule has 0 radical (unpaired) electrons. The number of ether oxygens (including phenoxy) is 1. The number of hydrogen-bond donors (Lipinski definition) is 1. The molecule has 0 aromatic heterocycles. The summed E-state index contributed by atoms with van der Waals surface area (Å²) in [7, 11) is 5.68. The maximum absolute atomic E-state index is 9.63. The van der Waals surface area contributed by atoms with Gasteiger partial charge in [0.25, 0.3) is 0 Å². The fraction of sp³-hybridized carbons (Fsp3) is 0.294. The van der Waals surface area contributed by atoms with Crippen LogP contribution in [0.3, 0.4) is 0 Å². The Bertz CT molecular complexity index is 562. The molecule has 0 aliphatic carbocycles. The van der Waals surface area contributed by atoms with E-state index in [1.165, 1.54) is 11.3 Å². The van der Waals surface area contributed by atoms with Crippen molar-refractivity contribution in [1.29, 1.82) is 0 Å². The van der Waals surface area contributed by atoms with E-state index in [-0.39, 0.29) is 5.75 Å². The Labute approximate surface area is 120 Å².